The fraction of sp³-hybridized carbons (Fsp3) is 0.571. The van der Waals surface area contributed by atoms with Crippen LogP contribution in [0.2, 0.25) is 0 Å². The molecule has 0 saturated heterocycles. The van der Waals surface area contributed by atoms with Crippen LogP contribution in [0.1, 0.15) is 33.3 Å². The second-order valence-electron chi connectivity index (χ2n) is 5.35. The van der Waals surface area contributed by atoms with E-state index in [4.69, 9.17) is 4.74 Å². The number of benzene rings is 1. The van der Waals surface area contributed by atoms with Crippen molar-refractivity contribution in [1.82, 2.24) is 0 Å². The largest absolute Gasteiger partial charge is 0.492 e. The second kappa shape index (κ2) is 5.24. The number of rotatable bonds is 4. The number of anilines is 1. The molecule has 1 aromatic rings. The Morgan fingerprint density at radius 2 is 1.94 bits per heavy atom. The molecule has 0 bridgehead atoms. The monoisotopic (exact) mass is 221 g/mol. The zero-order valence-corrected chi connectivity index (χ0v) is 11.1. The van der Waals surface area contributed by atoms with Crippen LogP contribution in [-0.4, -0.2) is 13.2 Å². The third kappa shape index (κ3) is 4.13. The normalized spacial score (nSPS) is 11.3. The van der Waals surface area contributed by atoms with Crippen molar-refractivity contribution in [2.45, 2.75) is 34.6 Å². The molecule has 2 heteroatoms. The first-order valence-corrected chi connectivity index (χ1v) is 5.90. The molecule has 0 unspecified atom stereocenters. The maximum absolute atomic E-state index is 5.62. The minimum Gasteiger partial charge on any atom is -0.492 e. The maximum Gasteiger partial charge on any atom is 0.142 e. The van der Waals surface area contributed by atoms with Gasteiger partial charge in [-0.2, -0.15) is 0 Å². The van der Waals surface area contributed by atoms with Gasteiger partial charge in [-0.15, -0.1) is 0 Å². The Morgan fingerprint density at radius 1 is 1.25 bits per heavy atom. The van der Waals surface area contributed by atoms with Crippen molar-refractivity contribution in [3.8, 4) is 5.75 Å². The van der Waals surface area contributed by atoms with Crippen LogP contribution < -0.4 is 10.1 Å². The standard InChI is InChI=1S/C14H23NO/c1-6-16-13-9-11(2)7-8-12(13)15-10-14(3,4)5/h7-9,15H,6,10H2,1-5H3. The van der Waals surface area contributed by atoms with Gasteiger partial charge in [0, 0.05) is 6.54 Å². The summed E-state index contributed by atoms with van der Waals surface area (Å²) in [5.74, 6) is 0.951. The van der Waals surface area contributed by atoms with Gasteiger partial charge in [0.15, 0.2) is 0 Å². The number of ether oxygens (including phenoxy) is 1. The quantitative estimate of drug-likeness (QED) is 0.833. The van der Waals surface area contributed by atoms with Crippen molar-refractivity contribution >= 4 is 5.69 Å². The molecule has 16 heavy (non-hydrogen) atoms. The summed E-state index contributed by atoms with van der Waals surface area (Å²) in [6, 6.07) is 6.27. The molecule has 0 saturated carbocycles. The van der Waals surface area contributed by atoms with Crippen LogP contribution in [-0.2, 0) is 0 Å². The van der Waals surface area contributed by atoms with Crippen LogP contribution in [0.3, 0.4) is 0 Å². The van der Waals surface area contributed by atoms with Gasteiger partial charge in [-0.3, -0.25) is 0 Å². The number of nitrogens with one attached hydrogen (secondary N) is 1. The minimum absolute atomic E-state index is 0.272. The van der Waals surface area contributed by atoms with Crippen molar-refractivity contribution < 1.29 is 4.74 Å². The molecule has 1 rings (SSSR count). The summed E-state index contributed by atoms with van der Waals surface area (Å²) >= 11 is 0. The maximum atomic E-state index is 5.62. The van der Waals surface area contributed by atoms with Crippen molar-refractivity contribution in [3.63, 3.8) is 0 Å². The smallest absolute Gasteiger partial charge is 0.142 e. The molecule has 2 nitrogen and oxygen atoms in total. The summed E-state index contributed by atoms with van der Waals surface area (Å²) in [6.45, 7) is 12.4. The second-order valence-corrected chi connectivity index (χ2v) is 5.35. The lowest BCUT2D eigenvalue weighted by Gasteiger charge is -2.21. The highest BCUT2D eigenvalue weighted by molar-refractivity contribution is 5.57. The van der Waals surface area contributed by atoms with Gasteiger partial charge < -0.3 is 10.1 Å². The molecule has 0 aliphatic carbocycles. The molecule has 0 amide bonds. The molecule has 0 aliphatic heterocycles. The van der Waals surface area contributed by atoms with Crippen LogP contribution in [0.5, 0.6) is 5.75 Å². The molecule has 0 aromatic heterocycles. The van der Waals surface area contributed by atoms with E-state index in [1.54, 1.807) is 0 Å². The molecule has 0 heterocycles. The van der Waals surface area contributed by atoms with Gasteiger partial charge in [-0.25, -0.2) is 0 Å². The molecular formula is C14H23NO. The van der Waals surface area contributed by atoms with Gasteiger partial charge in [-0.05, 0) is 37.0 Å². The highest BCUT2D eigenvalue weighted by Crippen LogP contribution is 2.27. The van der Waals surface area contributed by atoms with Crippen molar-refractivity contribution in [2.75, 3.05) is 18.5 Å². The predicted octanol–water partition coefficient (Wildman–Crippen LogP) is 3.85. The van der Waals surface area contributed by atoms with Gasteiger partial charge >= 0.3 is 0 Å². The van der Waals surface area contributed by atoms with Crippen molar-refractivity contribution in [3.05, 3.63) is 23.8 Å². The van der Waals surface area contributed by atoms with E-state index in [1.165, 1.54) is 5.56 Å². The lowest BCUT2D eigenvalue weighted by atomic mass is 9.97. The average Bonchev–Trinajstić information content (AvgIpc) is 2.15. The molecule has 0 fully saturated rings. The number of hydrogen-bond donors (Lipinski definition) is 1. The van der Waals surface area contributed by atoms with E-state index in [1.807, 2.05) is 6.92 Å². The molecule has 0 spiro atoms. The summed E-state index contributed by atoms with van der Waals surface area (Å²) in [5, 5.41) is 3.44. The average molecular weight is 221 g/mol. The first kappa shape index (κ1) is 12.9. The van der Waals surface area contributed by atoms with E-state index in [0.717, 1.165) is 18.0 Å². The molecule has 0 aliphatic rings. The van der Waals surface area contributed by atoms with Crippen LogP contribution >= 0.6 is 0 Å². The summed E-state index contributed by atoms with van der Waals surface area (Å²) in [5.41, 5.74) is 2.58. The molecule has 1 aromatic carbocycles. The SMILES string of the molecule is CCOc1cc(C)ccc1NCC(C)(C)C. The van der Waals surface area contributed by atoms with E-state index < -0.39 is 0 Å². The number of hydrogen-bond acceptors (Lipinski definition) is 2. The zero-order chi connectivity index (χ0) is 12.2. The molecule has 1 N–H and O–H groups in total. The van der Waals surface area contributed by atoms with E-state index in [2.05, 4.69) is 51.2 Å². The molecule has 0 atom stereocenters. The molecule has 90 valence electrons. The Bertz CT molecular complexity index is 339. The van der Waals surface area contributed by atoms with Gasteiger partial charge in [0.2, 0.25) is 0 Å². The Labute approximate surface area is 99.0 Å². The Kier molecular flexibility index (Phi) is 4.22. The fourth-order valence-electron chi connectivity index (χ4n) is 1.41. The Hall–Kier alpha value is -1.18. The van der Waals surface area contributed by atoms with E-state index in [9.17, 15) is 0 Å². The summed E-state index contributed by atoms with van der Waals surface area (Å²) in [6.07, 6.45) is 0. The number of aryl methyl sites for hydroxylation is 1. The fourth-order valence-corrected chi connectivity index (χ4v) is 1.41. The van der Waals surface area contributed by atoms with Crippen LogP contribution in [0.15, 0.2) is 18.2 Å². The minimum atomic E-state index is 0.272. The van der Waals surface area contributed by atoms with E-state index in [0.29, 0.717) is 6.61 Å². The summed E-state index contributed by atoms with van der Waals surface area (Å²) in [4.78, 5) is 0. The lowest BCUT2D eigenvalue weighted by molar-refractivity contribution is 0.341. The van der Waals surface area contributed by atoms with E-state index in [-0.39, 0.29) is 5.41 Å². The lowest BCUT2D eigenvalue weighted by Crippen LogP contribution is -2.19. The third-order valence-corrected chi connectivity index (χ3v) is 2.25. The molecular weight excluding hydrogens is 198 g/mol. The van der Waals surface area contributed by atoms with Gasteiger partial charge in [0.05, 0.1) is 12.3 Å². The zero-order valence-electron chi connectivity index (χ0n) is 11.1. The Balaban J connectivity index is 2.78. The highest BCUT2D eigenvalue weighted by atomic mass is 16.5. The van der Waals surface area contributed by atoms with Crippen molar-refractivity contribution in [2.24, 2.45) is 5.41 Å². The van der Waals surface area contributed by atoms with Crippen molar-refractivity contribution in [1.29, 1.82) is 0 Å². The van der Waals surface area contributed by atoms with Gasteiger partial charge in [0.1, 0.15) is 5.75 Å². The van der Waals surface area contributed by atoms with Gasteiger partial charge in [0.25, 0.3) is 0 Å². The van der Waals surface area contributed by atoms with Gasteiger partial charge in [-0.1, -0.05) is 26.8 Å². The summed E-state index contributed by atoms with van der Waals surface area (Å²) < 4.78 is 5.62. The molecule has 0 radical (unpaired) electrons. The highest BCUT2D eigenvalue weighted by Gasteiger charge is 2.11. The van der Waals surface area contributed by atoms with Crippen LogP contribution in [0.4, 0.5) is 5.69 Å². The first-order chi connectivity index (χ1) is 7.42. The van der Waals surface area contributed by atoms with Crippen LogP contribution in [0.25, 0.3) is 0 Å². The topological polar surface area (TPSA) is 21.3 Å². The Morgan fingerprint density at radius 3 is 2.50 bits per heavy atom. The summed E-state index contributed by atoms with van der Waals surface area (Å²) in [7, 11) is 0. The van der Waals surface area contributed by atoms with E-state index >= 15 is 0 Å². The van der Waals surface area contributed by atoms with Crippen LogP contribution in [0, 0.1) is 12.3 Å². The first-order valence-electron chi connectivity index (χ1n) is 5.90. The third-order valence-electron chi connectivity index (χ3n) is 2.25. The predicted molar refractivity (Wildman–Crippen MR) is 70.3 cm³/mol.